The third-order valence-corrected chi connectivity index (χ3v) is 9.77. The Hall–Kier alpha value is -0.380. The highest BCUT2D eigenvalue weighted by atomic mass is 16.8. The predicted octanol–water partition coefficient (Wildman–Crippen LogP) is 5.04. The zero-order chi connectivity index (χ0) is 19.2. The van der Waals surface area contributed by atoms with Gasteiger partial charge in [-0.25, -0.2) is 0 Å². The lowest BCUT2D eigenvalue weighted by Crippen LogP contribution is -2.63. The molecule has 0 aromatic heterocycles. The Morgan fingerprint density at radius 3 is 2.41 bits per heavy atom. The maximum Gasteiger partial charge on any atom is 0.163 e. The van der Waals surface area contributed by atoms with Gasteiger partial charge in [-0.3, -0.25) is 0 Å². The summed E-state index contributed by atoms with van der Waals surface area (Å²) in [6.07, 6.45) is 11.8. The van der Waals surface area contributed by atoms with Crippen LogP contribution in [0.2, 0.25) is 0 Å². The van der Waals surface area contributed by atoms with Gasteiger partial charge in [-0.1, -0.05) is 25.5 Å². The summed E-state index contributed by atoms with van der Waals surface area (Å²) in [6.45, 7) is 11.6. The van der Waals surface area contributed by atoms with Crippen LogP contribution in [0.5, 0.6) is 0 Å². The predicted molar refractivity (Wildman–Crippen MR) is 108 cm³/mol. The Labute approximate surface area is 165 Å². The first-order valence-corrected chi connectivity index (χ1v) is 11.5. The molecule has 5 rings (SSSR count). The quantitative estimate of drug-likeness (QED) is 0.605. The van der Waals surface area contributed by atoms with Crippen molar-refractivity contribution in [3.8, 4) is 0 Å². The van der Waals surface area contributed by atoms with Gasteiger partial charge in [0.05, 0.1) is 12.2 Å². The average Bonchev–Trinajstić information content (AvgIpc) is 3.11. The molecule has 0 bridgehead atoms. The molecule has 3 heteroatoms. The van der Waals surface area contributed by atoms with Crippen LogP contribution in [-0.4, -0.2) is 24.0 Å². The molecular weight excluding hydrogens is 334 g/mol. The molecule has 5 aliphatic rings. The van der Waals surface area contributed by atoms with E-state index in [-0.39, 0.29) is 12.2 Å². The topological polar surface area (TPSA) is 44.5 Å². The molecule has 0 aromatic rings. The van der Waals surface area contributed by atoms with E-state index in [0.717, 1.165) is 18.3 Å². The SMILES string of the molecule is C/C=C1\CCC2C3C(CC[C@]12C)[C@@]1(C)CC[C@H](N)CC1[C@H]1OC(C)(C)O[C@H]31. The fourth-order valence-electron chi connectivity index (χ4n) is 8.54. The van der Waals surface area contributed by atoms with Gasteiger partial charge in [-0.05, 0) is 100 Å². The maximum atomic E-state index is 6.69. The third kappa shape index (κ3) is 2.43. The molecule has 4 saturated carbocycles. The van der Waals surface area contributed by atoms with Crippen LogP contribution >= 0.6 is 0 Å². The number of fused-ring (bicyclic) bond motifs is 8. The second kappa shape index (κ2) is 5.83. The Kier molecular flexibility index (Phi) is 4.02. The van der Waals surface area contributed by atoms with E-state index in [9.17, 15) is 0 Å². The molecule has 27 heavy (non-hydrogen) atoms. The fraction of sp³-hybridized carbons (Fsp3) is 0.917. The average molecular weight is 374 g/mol. The highest BCUT2D eigenvalue weighted by Crippen LogP contribution is 2.69. The molecule has 4 aliphatic carbocycles. The molecular formula is C24H39NO2. The van der Waals surface area contributed by atoms with Crippen molar-refractivity contribution in [2.75, 3.05) is 0 Å². The van der Waals surface area contributed by atoms with Gasteiger partial charge in [-0.2, -0.15) is 0 Å². The van der Waals surface area contributed by atoms with Crippen LogP contribution in [0.1, 0.15) is 79.6 Å². The van der Waals surface area contributed by atoms with Crippen molar-refractivity contribution < 1.29 is 9.47 Å². The van der Waals surface area contributed by atoms with Crippen LogP contribution in [0.15, 0.2) is 11.6 Å². The molecule has 5 fully saturated rings. The molecule has 3 nitrogen and oxygen atoms in total. The molecule has 0 amide bonds. The van der Waals surface area contributed by atoms with Gasteiger partial charge < -0.3 is 15.2 Å². The summed E-state index contributed by atoms with van der Waals surface area (Å²) in [7, 11) is 0. The second-order valence-corrected chi connectivity index (χ2v) is 11.3. The zero-order valence-electron chi connectivity index (χ0n) is 18.0. The normalized spacial score (nSPS) is 57.7. The van der Waals surface area contributed by atoms with Gasteiger partial charge in [0.15, 0.2) is 5.79 Å². The minimum atomic E-state index is -0.456. The molecule has 1 saturated heterocycles. The van der Waals surface area contributed by atoms with E-state index in [4.69, 9.17) is 15.2 Å². The van der Waals surface area contributed by atoms with Crippen LogP contribution in [0.3, 0.4) is 0 Å². The van der Waals surface area contributed by atoms with Crippen LogP contribution in [-0.2, 0) is 9.47 Å². The molecule has 4 unspecified atom stereocenters. The summed E-state index contributed by atoms with van der Waals surface area (Å²) in [5.74, 6) is 2.26. The van der Waals surface area contributed by atoms with Gasteiger partial charge >= 0.3 is 0 Å². The lowest BCUT2D eigenvalue weighted by molar-refractivity contribution is -0.173. The Bertz CT molecular complexity index is 657. The minimum Gasteiger partial charge on any atom is -0.344 e. The largest absolute Gasteiger partial charge is 0.344 e. The number of allylic oxidation sites excluding steroid dienone is 2. The highest BCUT2D eigenvalue weighted by molar-refractivity contribution is 5.25. The molecule has 1 heterocycles. The van der Waals surface area contributed by atoms with E-state index < -0.39 is 5.79 Å². The lowest BCUT2D eigenvalue weighted by Gasteiger charge is -2.63. The molecule has 1 aliphatic heterocycles. The van der Waals surface area contributed by atoms with Gasteiger partial charge in [-0.15, -0.1) is 0 Å². The molecule has 2 N–H and O–H groups in total. The van der Waals surface area contributed by atoms with Crippen LogP contribution in [0.4, 0.5) is 0 Å². The van der Waals surface area contributed by atoms with Crippen molar-refractivity contribution in [3.05, 3.63) is 11.6 Å². The Morgan fingerprint density at radius 2 is 1.67 bits per heavy atom. The van der Waals surface area contributed by atoms with Crippen molar-refractivity contribution >= 4 is 0 Å². The van der Waals surface area contributed by atoms with Gasteiger partial charge in [0.2, 0.25) is 0 Å². The standard InChI is InChI=1S/C24H39NO2/c1-6-14-7-8-16-19-17(10-12-23(14,16)4)24(5)11-9-15(25)13-18(24)20-21(19)27-22(2,3)26-20/h6,15-21H,7-13,25H2,1-5H3/b14-6+/t15-,16?,17?,18?,19?,20+,21+,23+,24+/m0/s1. The summed E-state index contributed by atoms with van der Waals surface area (Å²) < 4.78 is 13.3. The van der Waals surface area contributed by atoms with Crippen LogP contribution in [0, 0.1) is 34.5 Å². The number of rotatable bonds is 0. The fourth-order valence-corrected chi connectivity index (χ4v) is 8.54. The molecule has 0 spiro atoms. The summed E-state index contributed by atoms with van der Waals surface area (Å²) in [6, 6.07) is 0.336. The Balaban J connectivity index is 1.59. The van der Waals surface area contributed by atoms with Crippen LogP contribution < -0.4 is 5.73 Å². The third-order valence-electron chi connectivity index (χ3n) is 9.77. The van der Waals surface area contributed by atoms with Gasteiger partial charge in [0, 0.05) is 6.04 Å². The number of ether oxygens (including phenoxy) is 2. The van der Waals surface area contributed by atoms with E-state index in [1.807, 2.05) is 0 Å². The van der Waals surface area contributed by atoms with Crippen molar-refractivity contribution in [3.63, 3.8) is 0 Å². The number of nitrogens with two attached hydrogens (primary N) is 1. The van der Waals surface area contributed by atoms with Crippen molar-refractivity contribution in [2.24, 2.45) is 40.2 Å². The minimum absolute atomic E-state index is 0.231. The van der Waals surface area contributed by atoms with Crippen LogP contribution in [0.25, 0.3) is 0 Å². The number of hydrogen-bond donors (Lipinski definition) is 1. The molecule has 0 aromatic carbocycles. The molecule has 0 radical (unpaired) electrons. The van der Waals surface area contributed by atoms with Gasteiger partial charge in [0.1, 0.15) is 0 Å². The smallest absolute Gasteiger partial charge is 0.163 e. The first-order valence-electron chi connectivity index (χ1n) is 11.5. The van der Waals surface area contributed by atoms with Gasteiger partial charge in [0.25, 0.3) is 0 Å². The van der Waals surface area contributed by atoms with Crippen molar-refractivity contribution in [1.29, 1.82) is 0 Å². The van der Waals surface area contributed by atoms with Crippen molar-refractivity contribution in [2.45, 2.75) is 104 Å². The molecule has 9 atom stereocenters. The summed E-state index contributed by atoms with van der Waals surface area (Å²) in [4.78, 5) is 0. The maximum absolute atomic E-state index is 6.69. The first-order chi connectivity index (χ1) is 12.7. The summed E-state index contributed by atoms with van der Waals surface area (Å²) in [5.41, 5.74) is 8.91. The number of hydrogen-bond acceptors (Lipinski definition) is 3. The molecule has 152 valence electrons. The monoisotopic (exact) mass is 373 g/mol. The summed E-state index contributed by atoms with van der Waals surface area (Å²) >= 11 is 0. The van der Waals surface area contributed by atoms with E-state index >= 15 is 0 Å². The summed E-state index contributed by atoms with van der Waals surface area (Å²) in [5, 5.41) is 0. The first kappa shape index (κ1) is 18.6. The highest BCUT2D eigenvalue weighted by Gasteiger charge is 2.67. The second-order valence-electron chi connectivity index (χ2n) is 11.3. The zero-order valence-corrected chi connectivity index (χ0v) is 18.0. The lowest BCUT2D eigenvalue weighted by atomic mass is 9.43. The Morgan fingerprint density at radius 1 is 0.926 bits per heavy atom. The van der Waals surface area contributed by atoms with Crippen molar-refractivity contribution in [1.82, 2.24) is 0 Å². The van der Waals surface area contributed by atoms with E-state index in [2.05, 4.69) is 40.7 Å². The van der Waals surface area contributed by atoms with E-state index in [0.29, 0.717) is 28.7 Å². The van der Waals surface area contributed by atoms with E-state index in [1.54, 1.807) is 5.57 Å². The van der Waals surface area contributed by atoms with E-state index in [1.165, 1.54) is 38.5 Å².